The normalized spacial score (nSPS) is 13.1. The van der Waals surface area contributed by atoms with E-state index in [0.717, 1.165) is 18.0 Å². The second kappa shape index (κ2) is 4.85. The molecule has 0 aliphatic rings. The fourth-order valence-corrected chi connectivity index (χ4v) is 4.45. The van der Waals surface area contributed by atoms with Crippen LogP contribution in [0.5, 0.6) is 0 Å². The van der Waals surface area contributed by atoms with Crippen molar-refractivity contribution in [2.45, 2.75) is 6.10 Å². The number of aliphatic hydroxyl groups excluding tert-OH is 1. The Morgan fingerprint density at radius 3 is 2.60 bits per heavy atom. The first-order valence-corrected chi connectivity index (χ1v) is 7.61. The largest absolute Gasteiger partial charge is 0.382 e. The third kappa shape index (κ3) is 2.48. The third-order valence-corrected chi connectivity index (χ3v) is 6.55. The number of halogens is 3. The summed E-state index contributed by atoms with van der Waals surface area (Å²) in [5, 5.41) is 12.6. The highest BCUT2D eigenvalue weighted by Crippen LogP contribution is 2.40. The Labute approximate surface area is 117 Å². The predicted octanol–water partition coefficient (Wildman–Crippen LogP) is 5.07. The van der Waals surface area contributed by atoms with Gasteiger partial charge >= 0.3 is 0 Å². The molecule has 6 heteroatoms. The van der Waals surface area contributed by atoms with Crippen molar-refractivity contribution in [3.8, 4) is 0 Å². The van der Waals surface area contributed by atoms with Crippen molar-refractivity contribution in [1.29, 1.82) is 0 Å². The Balaban J connectivity index is 2.36. The average molecular weight is 389 g/mol. The van der Waals surface area contributed by atoms with Crippen molar-refractivity contribution in [2.75, 3.05) is 0 Å². The van der Waals surface area contributed by atoms with Crippen LogP contribution in [0.1, 0.15) is 15.9 Å². The van der Waals surface area contributed by atoms with Gasteiger partial charge < -0.3 is 5.11 Å². The van der Waals surface area contributed by atoms with Gasteiger partial charge in [0.25, 0.3) is 0 Å². The van der Waals surface area contributed by atoms with E-state index in [4.69, 9.17) is 11.6 Å². The molecule has 0 saturated heterocycles. The molecule has 2 aromatic rings. The predicted molar refractivity (Wildman–Crippen MR) is 73.1 cm³/mol. The van der Waals surface area contributed by atoms with Gasteiger partial charge in [0, 0.05) is 9.35 Å². The van der Waals surface area contributed by atoms with Gasteiger partial charge in [0.05, 0.1) is 13.7 Å². The lowest BCUT2D eigenvalue weighted by Crippen LogP contribution is -1.93. The number of aliphatic hydroxyl groups is 1. The molecular weight excluding hydrogens is 383 g/mol. The van der Waals surface area contributed by atoms with Gasteiger partial charge in [-0.25, -0.2) is 0 Å². The van der Waals surface area contributed by atoms with Crippen LogP contribution >= 0.6 is 66.1 Å². The molecular formula is C9H5Br2ClOS2. The van der Waals surface area contributed by atoms with Crippen LogP contribution in [0.25, 0.3) is 0 Å². The van der Waals surface area contributed by atoms with Gasteiger partial charge in [-0.05, 0) is 49.4 Å². The molecule has 2 aromatic heterocycles. The molecule has 80 valence electrons. The van der Waals surface area contributed by atoms with E-state index in [9.17, 15) is 5.11 Å². The zero-order chi connectivity index (χ0) is 11.0. The fourth-order valence-electron chi connectivity index (χ4n) is 1.13. The molecule has 0 aliphatic carbocycles. The van der Waals surface area contributed by atoms with E-state index in [0.29, 0.717) is 5.02 Å². The van der Waals surface area contributed by atoms with Crippen LogP contribution in [0.3, 0.4) is 0 Å². The summed E-state index contributed by atoms with van der Waals surface area (Å²) in [5.41, 5.74) is 0. The van der Waals surface area contributed by atoms with E-state index in [1.165, 1.54) is 22.7 Å². The minimum absolute atomic E-state index is 0.619. The number of hydrogen-bond acceptors (Lipinski definition) is 3. The Bertz CT molecular complexity index is 461. The van der Waals surface area contributed by atoms with E-state index in [1.807, 2.05) is 11.4 Å². The standard InChI is InChI=1S/C9H5Br2ClOS2/c10-4-3-6(15-9(4)11)7(13)8-5(12)1-2-14-8/h1-3,7,13H. The van der Waals surface area contributed by atoms with Crippen molar-refractivity contribution in [3.05, 3.63) is 40.5 Å². The highest BCUT2D eigenvalue weighted by molar-refractivity contribution is 9.13. The second-order valence-electron chi connectivity index (χ2n) is 2.81. The molecule has 0 aliphatic heterocycles. The summed E-state index contributed by atoms with van der Waals surface area (Å²) in [6, 6.07) is 3.69. The maximum Gasteiger partial charge on any atom is 0.124 e. The quantitative estimate of drug-likeness (QED) is 0.762. The number of thiophene rings is 2. The average Bonchev–Trinajstić information content (AvgIpc) is 2.74. The summed E-state index contributed by atoms with van der Waals surface area (Å²) in [4.78, 5) is 1.66. The maximum absolute atomic E-state index is 10.1. The molecule has 0 saturated carbocycles. The van der Waals surface area contributed by atoms with Crippen LogP contribution in [-0.4, -0.2) is 5.11 Å². The summed E-state index contributed by atoms with van der Waals surface area (Å²) in [7, 11) is 0. The SMILES string of the molecule is OC(c1cc(Br)c(Br)s1)c1sccc1Cl. The first kappa shape index (κ1) is 12.1. The maximum atomic E-state index is 10.1. The van der Waals surface area contributed by atoms with Gasteiger partial charge in [-0.15, -0.1) is 22.7 Å². The lowest BCUT2D eigenvalue weighted by molar-refractivity contribution is 0.228. The van der Waals surface area contributed by atoms with Crippen LogP contribution in [0.2, 0.25) is 5.02 Å². The molecule has 0 spiro atoms. The minimum Gasteiger partial charge on any atom is -0.382 e. The molecule has 2 heterocycles. The zero-order valence-electron chi connectivity index (χ0n) is 7.21. The van der Waals surface area contributed by atoms with E-state index in [2.05, 4.69) is 31.9 Å². The molecule has 0 aromatic carbocycles. The highest BCUT2D eigenvalue weighted by Gasteiger charge is 2.18. The lowest BCUT2D eigenvalue weighted by Gasteiger charge is -2.05. The van der Waals surface area contributed by atoms with Crippen LogP contribution < -0.4 is 0 Å². The lowest BCUT2D eigenvalue weighted by atomic mass is 10.2. The summed E-state index contributed by atoms with van der Waals surface area (Å²) < 4.78 is 1.93. The summed E-state index contributed by atoms with van der Waals surface area (Å²) in [6.07, 6.45) is -0.634. The Morgan fingerprint density at radius 1 is 1.40 bits per heavy atom. The fraction of sp³-hybridized carbons (Fsp3) is 0.111. The van der Waals surface area contributed by atoms with Crippen molar-refractivity contribution in [2.24, 2.45) is 0 Å². The molecule has 0 bridgehead atoms. The van der Waals surface area contributed by atoms with Crippen molar-refractivity contribution in [1.82, 2.24) is 0 Å². The Kier molecular flexibility index (Phi) is 3.91. The third-order valence-electron chi connectivity index (χ3n) is 1.83. The van der Waals surface area contributed by atoms with Crippen molar-refractivity contribution in [3.63, 3.8) is 0 Å². The van der Waals surface area contributed by atoms with Gasteiger partial charge in [0.1, 0.15) is 6.10 Å². The van der Waals surface area contributed by atoms with E-state index in [-0.39, 0.29) is 0 Å². The molecule has 1 atom stereocenters. The van der Waals surface area contributed by atoms with Gasteiger partial charge in [-0.2, -0.15) is 0 Å². The zero-order valence-corrected chi connectivity index (χ0v) is 12.8. The Morgan fingerprint density at radius 2 is 2.13 bits per heavy atom. The molecule has 15 heavy (non-hydrogen) atoms. The molecule has 1 N–H and O–H groups in total. The van der Waals surface area contributed by atoms with E-state index in [1.54, 1.807) is 6.07 Å². The monoisotopic (exact) mass is 386 g/mol. The second-order valence-corrected chi connectivity index (χ2v) is 7.42. The number of hydrogen-bond donors (Lipinski definition) is 1. The first-order chi connectivity index (χ1) is 7.09. The molecule has 2 rings (SSSR count). The first-order valence-electron chi connectivity index (χ1n) is 3.95. The smallest absolute Gasteiger partial charge is 0.124 e. The number of rotatable bonds is 2. The molecule has 0 fully saturated rings. The van der Waals surface area contributed by atoms with Crippen LogP contribution in [0.15, 0.2) is 25.8 Å². The van der Waals surface area contributed by atoms with E-state index >= 15 is 0 Å². The molecule has 0 radical (unpaired) electrons. The van der Waals surface area contributed by atoms with E-state index < -0.39 is 6.10 Å². The molecule has 0 amide bonds. The van der Waals surface area contributed by atoms with Gasteiger partial charge in [-0.3, -0.25) is 0 Å². The van der Waals surface area contributed by atoms with Crippen LogP contribution in [-0.2, 0) is 0 Å². The van der Waals surface area contributed by atoms with Gasteiger partial charge in [-0.1, -0.05) is 11.6 Å². The highest BCUT2D eigenvalue weighted by atomic mass is 79.9. The van der Waals surface area contributed by atoms with Gasteiger partial charge in [0.15, 0.2) is 0 Å². The molecule has 1 unspecified atom stereocenters. The van der Waals surface area contributed by atoms with Crippen molar-refractivity contribution >= 4 is 66.1 Å². The van der Waals surface area contributed by atoms with Crippen molar-refractivity contribution < 1.29 is 5.11 Å². The summed E-state index contributed by atoms with van der Waals surface area (Å²) >= 11 is 15.7. The van der Waals surface area contributed by atoms with Gasteiger partial charge in [0.2, 0.25) is 0 Å². The minimum atomic E-state index is -0.634. The topological polar surface area (TPSA) is 20.2 Å². The Hall–Kier alpha value is 0.610. The molecule has 1 nitrogen and oxygen atoms in total. The summed E-state index contributed by atoms with van der Waals surface area (Å²) in [6.45, 7) is 0. The van der Waals surface area contributed by atoms with Crippen LogP contribution in [0.4, 0.5) is 0 Å². The van der Waals surface area contributed by atoms with Crippen LogP contribution in [0, 0.1) is 0 Å². The summed E-state index contributed by atoms with van der Waals surface area (Å²) in [5.74, 6) is 0.